The first kappa shape index (κ1) is 15.1. The van der Waals surface area contributed by atoms with Crippen LogP contribution >= 0.6 is 0 Å². The lowest BCUT2D eigenvalue weighted by atomic mass is 10.2. The van der Waals surface area contributed by atoms with Gasteiger partial charge in [-0.2, -0.15) is 0 Å². The summed E-state index contributed by atoms with van der Waals surface area (Å²) >= 11 is 0. The number of aromatic nitrogens is 4. The van der Waals surface area contributed by atoms with Gasteiger partial charge in [0.15, 0.2) is 0 Å². The van der Waals surface area contributed by atoms with Crippen LogP contribution in [0.4, 0.5) is 0 Å². The number of hydrogen-bond acceptors (Lipinski definition) is 3. The fraction of sp³-hybridized carbons (Fsp3) is 0. The number of carbonyl (C=O) groups is 1. The highest BCUT2D eigenvalue weighted by molar-refractivity contribution is 5.87. The van der Waals surface area contributed by atoms with Gasteiger partial charge < -0.3 is 4.98 Å². The minimum Gasteiger partial charge on any atom is -0.355 e. The standard InChI is InChI=1S/C23H16N4O/c1-2-15-9-22-12-20-7-5-18(25-20)10-16-3-4-17(24-16)11-19-6-8-21(26-19)13-23(15)27(22)14-28/h2-14,24H,1H2/i9D. The zero-order valence-electron chi connectivity index (χ0n) is 15.9. The van der Waals surface area contributed by atoms with E-state index in [0.29, 0.717) is 34.4 Å². The summed E-state index contributed by atoms with van der Waals surface area (Å²) in [6.07, 6.45) is 9.86. The predicted molar refractivity (Wildman–Crippen MR) is 115 cm³/mol. The van der Waals surface area contributed by atoms with Crippen LogP contribution in [0.15, 0.2) is 49.0 Å². The number of aromatic amines is 1. The summed E-state index contributed by atoms with van der Waals surface area (Å²) < 4.78 is 9.98. The maximum Gasteiger partial charge on any atom is 0.218 e. The third-order valence-corrected chi connectivity index (χ3v) is 4.64. The SMILES string of the molecule is [2H]c1c(C=C)c2cc3nc(cc4ccc(cc5nc(cc1n2C=O)C=C5)[nH]4)C=C3. The summed E-state index contributed by atoms with van der Waals surface area (Å²) in [6, 6.07) is 11.6. The van der Waals surface area contributed by atoms with Crippen LogP contribution in [0.25, 0.3) is 52.4 Å². The highest BCUT2D eigenvalue weighted by atomic mass is 16.1. The van der Waals surface area contributed by atoms with Crippen molar-refractivity contribution in [2.45, 2.75) is 0 Å². The second-order valence-corrected chi connectivity index (χ2v) is 6.52. The monoisotopic (exact) mass is 365 g/mol. The zero-order valence-corrected chi connectivity index (χ0v) is 14.9. The molecule has 5 rings (SSSR count). The average molecular weight is 365 g/mol. The van der Waals surface area contributed by atoms with Gasteiger partial charge in [-0.15, -0.1) is 0 Å². The van der Waals surface area contributed by atoms with Crippen LogP contribution in [0.1, 0.15) is 29.7 Å². The van der Waals surface area contributed by atoms with E-state index >= 15 is 0 Å². The Balaban J connectivity index is 1.97. The fourth-order valence-corrected chi connectivity index (χ4v) is 3.35. The maximum absolute atomic E-state index is 11.9. The number of fused-ring (bicyclic) bond motifs is 8. The molecule has 1 N–H and O–H groups in total. The molecule has 2 aliphatic heterocycles. The first-order valence-corrected chi connectivity index (χ1v) is 8.82. The molecule has 0 atom stereocenters. The van der Waals surface area contributed by atoms with Gasteiger partial charge in [-0.3, -0.25) is 9.36 Å². The molecule has 28 heavy (non-hydrogen) atoms. The molecule has 8 bridgehead atoms. The maximum atomic E-state index is 11.9. The van der Waals surface area contributed by atoms with Gasteiger partial charge in [0.2, 0.25) is 6.41 Å². The van der Waals surface area contributed by atoms with E-state index in [1.54, 1.807) is 18.2 Å². The molecule has 0 spiro atoms. The van der Waals surface area contributed by atoms with Crippen LogP contribution in [-0.4, -0.2) is 25.9 Å². The molecule has 0 saturated carbocycles. The Bertz CT molecular complexity index is 1410. The van der Waals surface area contributed by atoms with Crippen LogP contribution in [-0.2, 0) is 4.79 Å². The molecule has 0 radical (unpaired) electrons. The van der Waals surface area contributed by atoms with Crippen LogP contribution in [0.5, 0.6) is 0 Å². The lowest BCUT2D eigenvalue weighted by Gasteiger charge is -1.95. The number of hydrogen-bond donors (Lipinski definition) is 1. The van der Waals surface area contributed by atoms with Crippen molar-refractivity contribution >= 4 is 58.9 Å². The minimum atomic E-state index is 0.225. The summed E-state index contributed by atoms with van der Waals surface area (Å²) in [5.41, 5.74) is 6.43. The number of nitrogens with one attached hydrogen (secondary N) is 1. The number of carbonyl (C=O) groups excluding carboxylic acids is 1. The van der Waals surface area contributed by atoms with Gasteiger partial charge in [-0.05, 0) is 66.7 Å². The number of H-pyrrole nitrogens is 1. The lowest BCUT2D eigenvalue weighted by Crippen LogP contribution is -1.93. The molecule has 5 heteroatoms. The number of rotatable bonds is 2. The van der Waals surface area contributed by atoms with Crippen molar-refractivity contribution in [2.24, 2.45) is 0 Å². The van der Waals surface area contributed by atoms with Crippen molar-refractivity contribution in [3.05, 3.63) is 77.4 Å². The van der Waals surface area contributed by atoms with Crippen molar-refractivity contribution in [2.75, 3.05) is 0 Å². The molecular formula is C23H16N4O. The van der Waals surface area contributed by atoms with Crippen LogP contribution in [0.3, 0.4) is 0 Å². The molecule has 5 heterocycles. The minimum absolute atomic E-state index is 0.225. The topological polar surface area (TPSA) is 63.6 Å². The Labute approximate surface area is 162 Å². The second-order valence-electron chi connectivity index (χ2n) is 6.52. The largest absolute Gasteiger partial charge is 0.355 e. The first-order chi connectivity index (χ1) is 14.1. The van der Waals surface area contributed by atoms with Crippen molar-refractivity contribution in [3.63, 3.8) is 0 Å². The second kappa shape index (κ2) is 6.32. The lowest BCUT2D eigenvalue weighted by molar-refractivity contribution is 0.550. The van der Waals surface area contributed by atoms with Crippen molar-refractivity contribution in [3.8, 4) is 0 Å². The van der Waals surface area contributed by atoms with Gasteiger partial charge in [0.05, 0.1) is 35.2 Å². The molecule has 0 amide bonds. The molecule has 134 valence electrons. The third-order valence-electron chi connectivity index (χ3n) is 4.64. The van der Waals surface area contributed by atoms with Crippen LogP contribution < -0.4 is 0 Å². The van der Waals surface area contributed by atoms with E-state index in [-0.39, 0.29) is 6.04 Å². The van der Waals surface area contributed by atoms with E-state index in [1.807, 2.05) is 48.6 Å². The quantitative estimate of drug-likeness (QED) is 0.457. The van der Waals surface area contributed by atoms with Crippen LogP contribution in [0, 0.1) is 0 Å². The van der Waals surface area contributed by atoms with Gasteiger partial charge in [-0.25, -0.2) is 9.97 Å². The predicted octanol–water partition coefficient (Wildman–Crippen LogP) is 4.81. The normalized spacial score (nSPS) is 12.8. The molecule has 0 aliphatic carbocycles. The van der Waals surface area contributed by atoms with E-state index in [2.05, 4.69) is 21.5 Å². The van der Waals surface area contributed by atoms with E-state index in [0.717, 1.165) is 22.4 Å². The highest BCUT2D eigenvalue weighted by Gasteiger charge is 2.07. The smallest absolute Gasteiger partial charge is 0.218 e. The van der Waals surface area contributed by atoms with E-state index in [1.165, 1.54) is 4.57 Å². The van der Waals surface area contributed by atoms with Gasteiger partial charge in [-0.1, -0.05) is 12.7 Å². The molecule has 0 fully saturated rings. The molecule has 2 aliphatic rings. The molecule has 3 aromatic rings. The summed E-state index contributed by atoms with van der Waals surface area (Å²) in [5, 5.41) is 0. The highest BCUT2D eigenvalue weighted by Crippen LogP contribution is 2.22. The Hall–Kier alpha value is -3.99. The number of nitrogens with zero attached hydrogens (tertiary/aromatic N) is 3. The van der Waals surface area contributed by atoms with Gasteiger partial charge in [0.25, 0.3) is 0 Å². The van der Waals surface area contributed by atoms with Gasteiger partial charge in [0, 0.05) is 16.6 Å². The Kier molecular flexibility index (Phi) is 3.41. The Morgan fingerprint density at radius 3 is 2.07 bits per heavy atom. The van der Waals surface area contributed by atoms with Crippen molar-refractivity contribution < 1.29 is 6.17 Å². The third kappa shape index (κ3) is 2.79. The summed E-state index contributed by atoms with van der Waals surface area (Å²) in [5.74, 6) is 0. The summed E-state index contributed by atoms with van der Waals surface area (Å²) in [4.78, 5) is 24.4. The Morgan fingerprint density at radius 1 is 0.929 bits per heavy atom. The Morgan fingerprint density at radius 2 is 1.50 bits per heavy atom. The van der Waals surface area contributed by atoms with Crippen molar-refractivity contribution in [1.82, 2.24) is 19.5 Å². The molecule has 0 unspecified atom stereocenters. The van der Waals surface area contributed by atoms with E-state index < -0.39 is 0 Å². The molecule has 0 aromatic carbocycles. The van der Waals surface area contributed by atoms with Gasteiger partial charge >= 0.3 is 0 Å². The average Bonchev–Trinajstić information content (AvgIpc) is 3.47. The van der Waals surface area contributed by atoms with E-state index in [9.17, 15) is 4.79 Å². The van der Waals surface area contributed by atoms with Crippen molar-refractivity contribution in [1.29, 1.82) is 0 Å². The van der Waals surface area contributed by atoms with E-state index in [4.69, 9.17) is 1.37 Å². The first-order valence-electron chi connectivity index (χ1n) is 9.32. The molecule has 5 nitrogen and oxygen atoms in total. The molecule has 3 aromatic heterocycles. The summed E-state index contributed by atoms with van der Waals surface area (Å²) in [7, 11) is 0. The fourth-order valence-electron chi connectivity index (χ4n) is 3.35. The molecular weight excluding hydrogens is 348 g/mol. The van der Waals surface area contributed by atoms with Gasteiger partial charge in [0.1, 0.15) is 0 Å². The zero-order chi connectivity index (χ0) is 20.0. The summed E-state index contributed by atoms with van der Waals surface area (Å²) in [6.45, 7) is 3.82. The molecule has 0 saturated heterocycles. The van der Waals surface area contributed by atoms with Crippen LogP contribution in [0.2, 0.25) is 0 Å².